The van der Waals surface area contributed by atoms with E-state index in [9.17, 15) is 4.79 Å². The fourth-order valence-corrected chi connectivity index (χ4v) is 2.43. The molecule has 0 aliphatic rings. The van der Waals surface area contributed by atoms with Crippen LogP contribution in [0.25, 0.3) is 0 Å². The predicted octanol–water partition coefficient (Wildman–Crippen LogP) is 3.88. The zero-order valence-electron chi connectivity index (χ0n) is 13.7. The van der Waals surface area contributed by atoms with Crippen molar-refractivity contribution < 1.29 is 9.53 Å². The van der Waals surface area contributed by atoms with Crippen LogP contribution in [-0.4, -0.2) is 18.6 Å². The van der Waals surface area contributed by atoms with E-state index in [-0.39, 0.29) is 12.0 Å². The smallest absolute Gasteiger partial charge is 0.340 e. The molecule has 3 N–H and O–H groups in total. The van der Waals surface area contributed by atoms with Gasteiger partial charge in [-0.25, -0.2) is 4.79 Å². The van der Waals surface area contributed by atoms with Gasteiger partial charge in [-0.05, 0) is 50.5 Å². The Bertz CT molecular complexity index is 641. The molecule has 1 unspecified atom stereocenters. The van der Waals surface area contributed by atoms with Gasteiger partial charge in [-0.2, -0.15) is 0 Å². The molecule has 4 nitrogen and oxygen atoms in total. The highest BCUT2D eigenvalue weighted by molar-refractivity contribution is 5.96. The van der Waals surface area contributed by atoms with E-state index < -0.39 is 0 Å². The number of ether oxygens (including phenoxy) is 1. The van der Waals surface area contributed by atoms with Crippen LogP contribution in [0.2, 0.25) is 0 Å². The second-order valence-corrected chi connectivity index (χ2v) is 5.60. The summed E-state index contributed by atoms with van der Waals surface area (Å²) >= 11 is 0. The molecule has 23 heavy (non-hydrogen) atoms. The molecule has 0 radical (unpaired) electrons. The molecule has 0 spiro atoms. The molecule has 2 aromatic carbocycles. The Kier molecular flexibility index (Phi) is 6.03. The van der Waals surface area contributed by atoms with Crippen molar-refractivity contribution in [2.24, 2.45) is 0 Å². The number of aryl methyl sites for hydroxylation is 1. The van der Waals surface area contributed by atoms with Crippen LogP contribution in [-0.2, 0) is 11.2 Å². The summed E-state index contributed by atoms with van der Waals surface area (Å²) in [4.78, 5) is 12.1. The Hall–Kier alpha value is -2.49. The van der Waals surface area contributed by atoms with Crippen LogP contribution in [0, 0.1) is 0 Å². The van der Waals surface area contributed by atoms with Crippen LogP contribution in [0.4, 0.5) is 11.4 Å². The number of hydrogen-bond donors (Lipinski definition) is 2. The van der Waals surface area contributed by atoms with Crippen molar-refractivity contribution in [1.82, 2.24) is 0 Å². The summed E-state index contributed by atoms with van der Waals surface area (Å²) < 4.78 is 5.10. The van der Waals surface area contributed by atoms with Gasteiger partial charge < -0.3 is 15.8 Å². The third kappa shape index (κ3) is 5.02. The number of esters is 1. The highest BCUT2D eigenvalue weighted by atomic mass is 16.5. The molecular weight excluding hydrogens is 288 g/mol. The lowest BCUT2D eigenvalue weighted by atomic mass is 10.1. The summed E-state index contributed by atoms with van der Waals surface area (Å²) in [6.07, 6.45) is 1.95. The molecule has 4 heteroatoms. The van der Waals surface area contributed by atoms with Crippen LogP contribution in [0.3, 0.4) is 0 Å². The van der Waals surface area contributed by atoms with E-state index in [0.717, 1.165) is 18.5 Å². The van der Waals surface area contributed by atoms with Gasteiger partial charge >= 0.3 is 5.97 Å². The van der Waals surface area contributed by atoms with Gasteiger partial charge in [0.15, 0.2) is 0 Å². The van der Waals surface area contributed by atoms with Crippen molar-refractivity contribution in [3.8, 4) is 0 Å². The zero-order chi connectivity index (χ0) is 16.7. The van der Waals surface area contributed by atoms with Crippen molar-refractivity contribution in [2.75, 3.05) is 17.7 Å². The molecule has 0 heterocycles. The first-order chi connectivity index (χ1) is 11.1. The van der Waals surface area contributed by atoms with Gasteiger partial charge in [0, 0.05) is 17.4 Å². The van der Waals surface area contributed by atoms with Gasteiger partial charge in [0.1, 0.15) is 0 Å². The van der Waals surface area contributed by atoms with Gasteiger partial charge in [0.2, 0.25) is 0 Å². The van der Waals surface area contributed by atoms with E-state index in [1.165, 1.54) is 5.56 Å². The molecule has 1 atom stereocenters. The van der Waals surface area contributed by atoms with Crippen molar-refractivity contribution in [3.63, 3.8) is 0 Å². The maximum absolute atomic E-state index is 12.1. The summed E-state index contributed by atoms with van der Waals surface area (Å²) in [7, 11) is 0. The second kappa shape index (κ2) is 8.22. The van der Waals surface area contributed by atoms with Crippen molar-refractivity contribution in [1.29, 1.82) is 0 Å². The first-order valence-electron chi connectivity index (χ1n) is 7.97. The maximum Gasteiger partial charge on any atom is 0.340 e. The fourth-order valence-electron chi connectivity index (χ4n) is 2.43. The van der Waals surface area contributed by atoms with Crippen LogP contribution >= 0.6 is 0 Å². The van der Waals surface area contributed by atoms with E-state index >= 15 is 0 Å². The minimum atomic E-state index is -0.349. The highest BCUT2D eigenvalue weighted by Crippen LogP contribution is 2.22. The van der Waals surface area contributed by atoms with E-state index in [4.69, 9.17) is 10.5 Å². The minimum absolute atomic E-state index is 0.229. The standard InChI is InChI=1S/C19H24N2O2/c1-3-23-19(22)17-13-16(20)11-12-18(17)21-14(2)9-10-15-7-5-4-6-8-15/h4-8,11-14,21H,3,9-10,20H2,1-2H3. The van der Waals surface area contributed by atoms with Gasteiger partial charge in [-0.3, -0.25) is 0 Å². The number of nitrogen functional groups attached to an aromatic ring is 1. The van der Waals surface area contributed by atoms with Gasteiger partial charge in [0.25, 0.3) is 0 Å². The molecular formula is C19H24N2O2. The highest BCUT2D eigenvalue weighted by Gasteiger charge is 2.14. The molecule has 122 valence electrons. The third-order valence-corrected chi connectivity index (χ3v) is 3.65. The number of anilines is 2. The average Bonchev–Trinajstić information content (AvgIpc) is 2.56. The molecule has 0 aliphatic carbocycles. The first kappa shape index (κ1) is 16.9. The second-order valence-electron chi connectivity index (χ2n) is 5.60. The molecule has 2 rings (SSSR count). The Labute approximate surface area is 137 Å². The van der Waals surface area contributed by atoms with E-state index in [1.807, 2.05) is 24.3 Å². The lowest BCUT2D eigenvalue weighted by Crippen LogP contribution is -2.19. The topological polar surface area (TPSA) is 64.3 Å². The summed E-state index contributed by atoms with van der Waals surface area (Å²) in [5.74, 6) is -0.349. The Balaban J connectivity index is 2.02. The Morgan fingerprint density at radius 3 is 2.65 bits per heavy atom. The lowest BCUT2D eigenvalue weighted by molar-refractivity contribution is 0.0527. The Morgan fingerprint density at radius 2 is 1.96 bits per heavy atom. The average molecular weight is 312 g/mol. The molecule has 0 saturated carbocycles. The molecule has 2 aromatic rings. The summed E-state index contributed by atoms with van der Waals surface area (Å²) in [6.45, 7) is 4.24. The van der Waals surface area contributed by atoms with Gasteiger partial charge in [-0.1, -0.05) is 30.3 Å². The molecule has 0 aliphatic heterocycles. The largest absolute Gasteiger partial charge is 0.462 e. The quantitative estimate of drug-likeness (QED) is 0.601. The molecule has 0 fully saturated rings. The normalized spacial score (nSPS) is 11.7. The van der Waals surface area contributed by atoms with Crippen LogP contribution in [0.15, 0.2) is 48.5 Å². The fraction of sp³-hybridized carbons (Fsp3) is 0.316. The molecule has 0 amide bonds. The zero-order valence-corrected chi connectivity index (χ0v) is 13.7. The molecule has 0 bridgehead atoms. The lowest BCUT2D eigenvalue weighted by Gasteiger charge is -2.18. The number of nitrogens with two attached hydrogens (primary N) is 1. The number of hydrogen-bond acceptors (Lipinski definition) is 4. The molecule has 0 saturated heterocycles. The number of carbonyl (C=O) groups is 1. The van der Waals surface area contributed by atoms with E-state index in [2.05, 4.69) is 24.4 Å². The van der Waals surface area contributed by atoms with Gasteiger partial charge in [0.05, 0.1) is 12.2 Å². The third-order valence-electron chi connectivity index (χ3n) is 3.65. The van der Waals surface area contributed by atoms with E-state index in [1.54, 1.807) is 19.1 Å². The van der Waals surface area contributed by atoms with E-state index in [0.29, 0.717) is 17.9 Å². The SMILES string of the molecule is CCOC(=O)c1cc(N)ccc1NC(C)CCc1ccccc1. The molecule has 0 aromatic heterocycles. The van der Waals surface area contributed by atoms with Crippen LogP contribution in [0.5, 0.6) is 0 Å². The van der Waals surface area contributed by atoms with Crippen LogP contribution < -0.4 is 11.1 Å². The summed E-state index contributed by atoms with van der Waals surface area (Å²) in [6, 6.07) is 15.9. The monoisotopic (exact) mass is 312 g/mol. The van der Waals surface area contributed by atoms with Gasteiger partial charge in [-0.15, -0.1) is 0 Å². The Morgan fingerprint density at radius 1 is 1.22 bits per heavy atom. The van der Waals surface area contributed by atoms with Crippen molar-refractivity contribution in [3.05, 3.63) is 59.7 Å². The number of nitrogens with one attached hydrogen (secondary N) is 1. The summed E-state index contributed by atoms with van der Waals surface area (Å²) in [5.41, 5.74) is 8.90. The van der Waals surface area contributed by atoms with Crippen molar-refractivity contribution in [2.45, 2.75) is 32.7 Å². The maximum atomic E-state index is 12.1. The number of carbonyl (C=O) groups excluding carboxylic acids is 1. The summed E-state index contributed by atoms with van der Waals surface area (Å²) in [5, 5.41) is 3.39. The van der Waals surface area contributed by atoms with Crippen molar-refractivity contribution >= 4 is 17.3 Å². The first-order valence-corrected chi connectivity index (χ1v) is 7.97. The van der Waals surface area contributed by atoms with Crippen LogP contribution in [0.1, 0.15) is 36.2 Å². The number of benzene rings is 2. The number of rotatable bonds is 7. The minimum Gasteiger partial charge on any atom is -0.462 e. The predicted molar refractivity (Wildman–Crippen MR) is 94.7 cm³/mol.